The quantitative estimate of drug-likeness (QED) is 0.307. The number of aromatic nitrogens is 3. The molecule has 1 saturated heterocycles. The van der Waals surface area contributed by atoms with Crippen LogP contribution in [0.1, 0.15) is 48.8 Å². The number of nitrogens with one attached hydrogen (secondary N) is 1. The number of carbonyl (C=O) groups is 2. The van der Waals surface area contributed by atoms with Crippen LogP contribution < -0.4 is 14.8 Å². The Bertz CT molecular complexity index is 1520. The Hall–Kier alpha value is -3.98. The second-order valence-corrected chi connectivity index (χ2v) is 11.6. The molecule has 220 valence electrons. The lowest BCUT2D eigenvalue weighted by Crippen LogP contribution is -2.40. The number of piperidine rings is 1. The molecule has 41 heavy (non-hydrogen) atoms. The molecule has 1 fully saturated rings. The van der Waals surface area contributed by atoms with E-state index < -0.39 is 44.3 Å². The van der Waals surface area contributed by atoms with E-state index in [1.807, 2.05) is 13.8 Å². The summed E-state index contributed by atoms with van der Waals surface area (Å²) in [5, 5.41) is 10.4. The number of para-hydroxylation sites is 1. The summed E-state index contributed by atoms with van der Waals surface area (Å²) in [5.41, 5.74) is -0.331. The summed E-state index contributed by atoms with van der Waals surface area (Å²) in [6.07, 6.45) is -3.02. The summed E-state index contributed by atoms with van der Waals surface area (Å²) in [7, 11) is -2.82. The Morgan fingerprint density at radius 3 is 2.44 bits per heavy atom. The van der Waals surface area contributed by atoms with Crippen LogP contribution in [0.4, 0.5) is 18.9 Å². The highest BCUT2D eigenvalue weighted by Gasteiger charge is 2.44. The Kier molecular flexibility index (Phi) is 8.68. The molecule has 1 atom stereocenters. The van der Waals surface area contributed by atoms with Crippen molar-refractivity contribution >= 4 is 27.6 Å². The number of hydrogen-bond acceptors (Lipinski definition) is 8. The Morgan fingerprint density at radius 2 is 1.83 bits per heavy atom. The van der Waals surface area contributed by atoms with Gasteiger partial charge in [0, 0.05) is 31.7 Å². The van der Waals surface area contributed by atoms with Gasteiger partial charge in [-0.05, 0) is 63.1 Å². The van der Waals surface area contributed by atoms with Crippen LogP contribution in [0.2, 0.25) is 0 Å². The molecule has 11 nitrogen and oxygen atoms in total. The van der Waals surface area contributed by atoms with Crippen molar-refractivity contribution in [1.82, 2.24) is 19.1 Å². The zero-order valence-corrected chi connectivity index (χ0v) is 23.2. The van der Waals surface area contributed by atoms with Crippen LogP contribution >= 0.6 is 0 Å². The van der Waals surface area contributed by atoms with Gasteiger partial charge in [0.05, 0.1) is 11.7 Å². The second-order valence-electron chi connectivity index (χ2n) is 9.67. The Morgan fingerprint density at radius 1 is 1.12 bits per heavy atom. The smallest absolute Gasteiger partial charge is 0.491 e. The molecule has 0 spiro atoms. The van der Waals surface area contributed by atoms with Gasteiger partial charge in [-0.25, -0.2) is 13.2 Å². The van der Waals surface area contributed by atoms with Gasteiger partial charge in [-0.1, -0.05) is 6.07 Å². The van der Waals surface area contributed by atoms with Gasteiger partial charge in [-0.15, -0.1) is 10.2 Å². The first kappa shape index (κ1) is 30.0. The van der Waals surface area contributed by atoms with Crippen molar-refractivity contribution in [2.45, 2.75) is 49.8 Å². The molecule has 1 N–H and O–H groups in total. The number of carbonyl (C=O) groups excluding carboxylic acids is 2. The number of nitrogens with zero attached hydrogens (tertiary/aromatic N) is 4. The van der Waals surface area contributed by atoms with Gasteiger partial charge in [-0.3, -0.25) is 4.79 Å². The van der Waals surface area contributed by atoms with Crippen molar-refractivity contribution in [3.8, 4) is 11.5 Å². The predicted octanol–water partition coefficient (Wildman–Crippen LogP) is 3.89. The third-order valence-corrected chi connectivity index (χ3v) is 8.14. The van der Waals surface area contributed by atoms with Crippen LogP contribution in [0.15, 0.2) is 53.7 Å². The second kappa shape index (κ2) is 11.9. The van der Waals surface area contributed by atoms with Crippen molar-refractivity contribution in [1.29, 1.82) is 0 Å². The van der Waals surface area contributed by atoms with Crippen LogP contribution in [0.25, 0.3) is 0 Å². The molecular weight excluding hydrogens is 567 g/mol. The minimum atomic E-state index is -5.45. The number of rotatable bonds is 8. The fraction of sp³-hybridized carbons (Fsp3) is 0.385. The van der Waals surface area contributed by atoms with E-state index >= 15 is 0 Å². The molecule has 0 aliphatic carbocycles. The van der Waals surface area contributed by atoms with Crippen molar-refractivity contribution < 1.29 is 40.7 Å². The van der Waals surface area contributed by atoms with Crippen molar-refractivity contribution in [2.24, 2.45) is 7.05 Å². The summed E-state index contributed by atoms with van der Waals surface area (Å²) in [4.78, 5) is 24.3. The molecular formula is C26H28F3N5O6S. The van der Waals surface area contributed by atoms with E-state index in [-0.39, 0.29) is 30.8 Å². The largest absolute Gasteiger partial charge is 0.491 e. The van der Waals surface area contributed by atoms with Gasteiger partial charge in [0.2, 0.25) is 10.0 Å². The zero-order chi connectivity index (χ0) is 29.9. The van der Waals surface area contributed by atoms with Crippen LogP contribution in [0, 0.1) is 0 Å². The summed E-state index contributed by atoms with van der Waals surface area (Å²) in [6, 6.07) is 9.40. The van der Waals surface area contributed by atoms with Crippen molar-refractivity contribution in [2.75, 3.05) is 18.4 Å². The summed E-state index contributed by atoms with van der Waals surface area (Å²) in [6.45, 7) is 3.69. The predicted molar refractivity (Wildman–Crippen MR) is 140 cm³/mol. The number of amides is 1. The number of anilines is 1. The molecule has 0 saturated carbocycles. The number of ether oxygens (including phenoxy) is 2. The number of hydrogen-bond donors (Lipinski definition) is 1. The highest BCUT2D eigenvalue weighted by atomic mass is 32.2. The van der Waals surface area contributed by atoms with Gasteiger partial charge in [0.1, 0.15) is 22.8 Å². The van der Waals surface area contributed by atoms with E-state index in [1.54, 1.807) is 23.7 Å². The highest BCUT2D eigenvalue weighted by Crippen LogP contribution is 2.36. The van der Waals surface area contributed by atoms with Gasteiger partial charge in [0.15, 0.2) is 5.75 Å². The summed E-state index contributed by atoms with van der Waals surface area (Å²) in [5.74, 6) is -3.94. The fourth-order valence-electron chi connectivity index (χ4n) is 4.41. The number of esters is 1. The number of benzene rings is 2. The van der Waals surface area contributed by atoms with Gasteiger partial charge in [-0.2, -0.15) is 17.5 Å². The van der Waals surface area contributed by atoms with Crippen LogP contribution in [0.3, 0.4) is 0 Å². The molecule has 2 aromatic carbocycles. The van der Waals surface area contributed by atoms with Gasteiger partial charge >= 0.3 is 12.1 Å². The van der Waals surface area contributed by atoms with E-state index in [9.17, 15) is 31.2 Å². The average molecular weight is 596 g/mol. The van der Waals surface area contributed by atoms with E-state index in [4.69, 9.17) is 4.74 Å². The molecule has 2 heterocycles. The molecule has 1 aromatic heterocycles. The summed E-state index contributed by atoms with van der Waals surface area (Å²) >= 11 is 0. The minimum Gasteiger partial charge on any atom is -0.491 e. The highest BCUT2D eigenvalue weighted by molar-refractivity contribution is 7.89. The monoisotopic (exact) mass is 595 g/mol. The molecule has 15 heteroatoms. The first-order chi connectivity index (χ1) is 19.3. The van der Waals surface area contributed by atoms with Crippen LogP contribution in [0.5, 0.6) is 11.5 Å². The lowest BCUT2D eigenvalue weighted by atomic mass is 9.99. The molecule has 0 radical (unpaired) electrons. The average Bonchev–Trinajstić information content (AvgIpc) is 3.34. The maximum atomic E-state index is 13.8. The van der Waals surface area contributed by atoms with Crippen LogP contribution in [-0.2, 0) is 21.9 Å². The van der Waals surface area contributed by atoms with E-state index in [2.05, 4.69) is 20.3 Å². The Balaban J connectivity index is 1.69. The molecule has 1 amide bonds. The minimum absolute atomic E-state index is 0.0389. The van der Waals surface area contributed by atoms with Gasteiger partial charge in [0.25, 0.3) is 5.91 Å². The topological polar surface area (TPSA) is 133 Å². The van der Waals surface area contributed by atoms with Crippen molar-refractivity contribution in [3.05, 3.63) is 60.2 Å². The van der Waals surface area contributed by atoms with E-state index in [1.165, 1.54) is 24.5 Å². The molecule has 4 rings (SSSR count). The van der Waals surface area contributed by atoms with Gasteiger partial charge < -0.3 is 19.4 Å². The molecule has 0 bridgehead atoms. The maximum Gasteiger partial charge on any atom is 0.491 e. The molecule has 1 aliphatic heterocycles. The lowest BCUT2D eigenvalue weighted by Gasteiger charge is -2.31. The fourth-order valence-corrected chi connectivity index (χ4v) is 6.07. The number of sulfonamides is 1. The third kappa shape index (κ3) is 6.85. The SMILES string of the molecule is CC(C)Oc1ccc(NC(=O)c2cccc(S(=O)(=O)N3CCCC(c4nncn4C)C3)c2OC(=O)C(F)(F)F)cc1. The molecule has 3 aromatic rings. The third-order valence-electron chi connectivity index (χ3n) is 6.25. The zero-order valence-electron chi connectivity index (χ0n) is 22.4. The van der Waals surface area contributed by atoms with Crippen LogP contribution in [-0.4, -0.2) is 64.7 Å². The standard InChI is InChI=1S/C26H28F3N5O6S/c1-16(2)39-19-11-9-18(10-12-19)31-24(35)20-7-4-8-21(22(20)40-25(36)26(27,28)29)41(37,38)34-13-5-6-17(14-34)23-32-30-15-33(23)3/h4,7-12,15-17H,5-6,13-14H2,1-3H3,(H,31,35). The Labute approximate surface area is 234 Å². The first-order valence-electron chi connectivity index (χ1n) is 12.6. The number of aryl methyl sites for hydroxylation is 1. The molecule has 1 aliphatic rings. The van der Waals surface area contributed by atoms with Crippen molar-refractivity contribution in [3.63, 3.8) is 0 Å². The number of halogens is 3. The molecule has 1 unspecified atom stereocenters. The lowest BCUT2D eigenvalue weighted by molar-refractivity contribution is -0.189. The van der Waals surface area contributed by atoms with E-state index in [0.717, 1.165) is 16.4 Å². The number of alkyl halides is 3. The maximum absolute atomic E-state index is 13.8. The summed E-state index contributed by atoms with van der Waals surface area (Å²) < 4.78 is 80.0. The normalized spacial score (nSPS) is 16.4. The van der Waals surface area contributed by atoms with E-state index in [0.29, 0.717) is 24.4 Å². The first-order valence-corrected chi connectivity index (χ1v) is 14.1.